The minimum absolute atomic E-state index is 0.00589. The van der Waals surface area contributed by atoms with Crippen LogP contribution in [0.4, 0.5) is 0 Å². The Bertz CT molecular complexity index is 340. The Balaban J connectivity index is 2.62. The molecule has 5 nitrogen and oxygen atoms in total. The average Bonchev–Trinajstić information content (AvgIpc) is 2.34. The van der Waals surface area contributed by atoms with Crippen molar-refractivity contribution in [3.05, 3.63) is 0 Å². The summed E-state index contributed by atoms with van der Waals surface area (Å²) in [4.78, 5) is 24.4. The van der Waals surface area contributed by atoms with Crippen molar-refractivity contribution in [1.29, 1.82) is 0 Å². The predicted molar refractivity (Wildman–Crippen MR) is 76.2 cm³/mol. The summed E-state index contributed by atoms with van der Waals surface area (Å²) in [5, 5.41) is 2.84. The van der Waals surface area contributed by atoms with Crippen LogP contribution < -0.4 is 5.32 Å². The van der Waals surface area contributed by atoms with Crippen LogP contribution in [0.3, 0.4) is 0 Å². The third-order valence-corrected chi connectivity index (χ3v) is 3.22. The number of nitrogens with one attached hydrogen (secondary N) is 1. The SMILES string of the molecule is CC(C)[C@H](NC(=O)C1CCOCC1)C(=O)OC(C)(C)C. The molecule has 1 amide bonds. The van der Waals surface area contributed by atoms with Gasteiger partial charge in [0.15, 0.2) is 0 Å². The fraction of sp³-hybridized carbons (Fsp3) is 0.867. The summed E-state index contributed by atoms with van der Waals surface area (Å²) in [7, 11) is 0. The highest BCUT2D eigenvalue weighted by Gasteiger charge is 2.31. The summed E-state index contributed by atoms with van der Waals surface area (Å²) in [6, 6.07) is -0.593. The molecule has 0 aromatic rings. The second-order valence-electron chi connectivity index (χ2n) is 6.65. The van der Waals surface area contributed by atoms with Gasteiger partial charge in [0.2, 0.25) is 5.91 Å². The van der Waals surface area contributed by atoms with Crippen molar-refractivity contribution >= 4 is 11.9 Å². The number of rotatable bonds is 4. The summed E-state index contributed by atoms with van der Waals surface area (Å²) in [5.74, 6) is -0.508. The molecule has 0 bridgehead atoms. The molecule has 116 valence electrons. The first-order chi connectivity index (χ1) is 9.20. The highest BCUT2D eigenvalue weighted by molar-refractivity contribution is 5.86. The average molecular weight is 285 g/mol. The summed E-state index contributed by atoms with van der Waals surface area (Å²) < 4.78 is 10.6. The zero-order valence-electron chi connectivity index (χ0n) is 13.2. The molecule has 1 heterocycles. The molecular formula is C15H27NO4. The number of hydrogen-bond acceptors (Lipinski definition) is 4. The summed E-state index contributed by atoms with van der Waals surface area (Å²) in [6.45, 7) is 10.5. The molecule has 20 heavy (non-hydrogen) atoms. The smallest absolute Gasteiger partial charge is 0.329 e. The van der Waals surface area contributed by atoms with Gasteiger partial charge in [-0.15, -0.1) is 0 Å². The fourth-order valence-corrected chi connectivity index (χ4v) is 2.09. The zero-order chi connectivity index (χ0) is 15.3. The molecule has 1 atom stereocenters. The minimum atomic E-state index is -0.593. The van der Waals surface area contributed by atoms with E-state index in [0.717, 1.165) is 0 Å². The molecule has 1 aliphatic heterocycles. The standard InChI is InChI=1S/C15H27NO4/c1-10(2)12(14(18)20-15(3,4)5)16-13(17)11-6-8-19-9-7-11/h10-12H,6-9H2,1-5H3,(H,16,17)/t12-/m0/s1. The van der Waals surface area contributed by atoms with Crippen LogP contribution in [-0.4, -0.2) is 36.7 Å². The van der Waals surface area contributed by atoms with Gasteiger partial charge in [-0.1, -0.05) is 13.8 Å². The second kappa shape index (κ2) is 7.07. The van der Waals surface area contributed by atoms with Crippen molar-refractivity contribution in [3.63, 3.8) is 0 Å². The number of esters is 1. The van der Waals surface area contributed by atoms with E-state index in [4.69, 9.17) is 9.47 Å². The summed E-state index contributed by atoms with van der Waals surface area (Å²) in [6.07, 6.45) is 1.43. The summed E-state index contributed by atoms with van der Waals surface area (Å²) in [5.41, 5.74) is -0.548. The van der Waals surface area contributed by atoms with Crippen molar-refractivity contribution < 1.29 is 19.1 Å². The van der Waals surface area contributed by atoms with Gasteiger partial charge in [0.05, 0.1) is 0 Å². The lowest BCUT2D eigenvalue weighted by Gasteiger charge is -2.28. The van der Waals surface area contributed by atoms with Crippen LogP contribution in [-0.2, 0) is 19.1 Å². The lowest BCUT2D eigenvalue weighted by molar-refractivity contribution is -0.160. The first kappa shape index (κ1) is 17.0. The Morgan fingerprint density at radius 1 is 1.20 bits per heavy atom. The van der Waals surface area contributed by atoms with Gasteiger partial charge >= 0.3 is 5.97 Å². The molecule has 1 saturated heterocycles. The number of hydrogen-bond donors (Lipinski definition) is 1. The number of ether oxygens (including phenoxy) is 2. The first-order valence-corrected chi connectivity index (χ1v) is 7.31. The minimum Gasteiger partial charge on any atom is -0.458 e. The highest BCUT2D eigenvalue weighted by atomic mass is 16.6. The maximum atomic E-state index is 12.2. The van der Waals surface area contributed by atoms with Gasteiger partial charge in [0, 0.05) is 19.1 Å². The molecule has 1 fully saturated rings. The summed E-state index contributed by atoms with van der Waals surface area (Å²) >= 11 is 0. The van der Waals surface area contributed by atoms with E-state index in [-0.39, 0.29) is 23.7 Å². The topological polar surface area (TPSA) is 64.6 Å². The van der Waals surface area contributed by atoms with E-state index < -0.39 is 11.6 Å². The van der Waals surface area contributed by atoms with Crippen molar-refractivity contribution in [3.8, 4) is 0 Å². The Labute approximate surface area is 121 Å². The van der Waals surface area contributed by atoms with Crippen molar-refractivity contribution in [2.75, 3.05) is 13.2 Å². The normalized spacial score (nSPS) is 18.7. The molecule has 1 N–H and O–H groups in total. The van der Waals surface area contributed by atoms with Crippen LogP contribution in [0.5, 0.6) is 0 Å². The lowest BCUT2D eigenvalue weighted by atomic mass is 9.97. The van der Waals surface area contributed by atoms with Gasteiger partial charge in [0.25, 0.3) is 0 Å². The number of amides is 1. The molecule has 1 rings (SSSR count). The number of carbonyl (C=O) groups is 2. The zero-order valence-corrected chi connectivity index (χ0v) is 13.2. The molecule has 0 unspecified atom stereocenters. The van der Waals surface area contributed by atoms with E-state index in [1.807, 2.05) is 34.6 Å². The van der Waals surface area contributed by atoms with E-state index in [1.165, 1.54) is 0 Å². The molecule has 0 spiro atoms. The predicted octanol–water partition coefficient (Wildman–Crippen LogP) is 1.90. The van der Waals surface area contributed by atoms with E-state index in [9.17, 15) is 9.59 Å². The maximum Gasteiger partial charge on any atom is 0.329 e. The van der Waals surface area contributed by atoms with Crippen molar-refractivity contribution in [2.45, 2.75) is 59.1 Å². The van der Waals surface area contributed by atoms with Gasteiger partial charge in [0.1, 0.15) is 11.6 Å². The van der Waals surface area contributed by atoms with Crippen molar-refractivity contribution in [1.82, 2.24) is 5.32 Å². The van der Waals surface area contributed by atoms with E-state index >= 15 is 0 Å². The molecule has 0 radical (unpaired) electrons. The van der Waals surface area contributed by atoms with Crippen LogP contribution in [0.2, 0.25) is 0 Å². The molecule has 0 saturated carbocycles. The van der Waals surface area contributed by atoms with Crippen LogP contribution >= 0.6 is 0 Å². The fourth-order valence-electron chi connectivity index (χ4n) is 2.09. The number of carbonyl (C=O) groups excluding carboxylic acids is 2. The van der Waals surface area contributed by atoms with Gasteiger partial charge < -0.3 is 14.8 Å². The monoisotopic (exact) mass is 285 g/mol. The van der Waals surface area contributed by atoms with Gasteiger partial charge in [-0.25, -0.2) is 4.79 Å². The first-order valence-electron chi connectivity index (χ1n) is 7.31. The Kier molecular flexibility index (Phi) is 5.99. The van der Waals surface area contributed by atoms with Crippen LogP contribution in [0.25, 0.3) is 0 Å². The van der Waals surface area contributed by atoms with E-state index in [1.54, 1.807) is 0 Å². The Hall–Kier alpha value is -1.10. The molecule has 0 aromatic carbocycles. The third kappa shape index (κ3) is 5.49. The van der Waals surface area contributed by atoms with Crippen molar-refractivity contribution in [2.24, 2.45) is 11.8 Å². The quantitative estimate of drug-likeness (QED) is 0.801. The molecule has 0 aromatic heterocycles. The molecular weight excluding hydrogens is 258 g/mol. The Morgan fingerprint density at radius 3 is 2.20 bits per heavy atom. The van der Waals surface area contributed by atoms with E-state index in [0.29, 0.717) is 26.1 Å². The molecule has 1 aliphatic rings. The van der Waals surface area contributed by atoms with Crippen LogP contribution in [0, 0.1) is 11.8 Å². The molecule has 5 heteroatoms. The maximum absolute atomic E-state index is 12.2. The van der Waals surface area contributed by atoms with Crippen LogP contribution in [0.15, 0.2) is 0 Å². The van der Waals surface area contributed by atoms with Gasteiger partial charge in [-0.3, -0.25) is 4.79 Å². The highest BCUT2D eigenvalue weighted by Crippen LogP contribution is 2.17. The van der Waals surface area contributed by atoms with Gasteiger partial charge in [-0.2, -0.15) is 0 Å². The largest absolute Gasteiger partial charge is 0.458 e. The van der Waals surface area contributed by atoms with Crippen LogP contribution in [0.1, 0.15) is 47.5 Å². The van der Waals surface area contributed by atoms with Gasteiger partial charge in [-0.05, 0) is 39.5 Å². The second-order valence-corrected chi connectivity index (χ2v) is 6.65. The third-order valence-electron chi connectivity index (χ3n) is 3.22. The molecule has 0 aliphatic carbocycles. The lowest BCUT2D eigenvalue weighted by Crippen LogP contribution is -2.49. The van der Waals surface area contributed by atoms with E-state index in [2.05, 4.69) is 5.32 Å². The Morgan fingerprint density at radius 2 is 1.75 bits per heavy atom.